The van der Waals surface area contributed by atoms with Crippen molar-refractivity contribution in [1.82, 2.24) is 0 Å². The second kappa shape index (κ2) is 3.61. The lowest BCUT2D eigenvalue weighted by atomic mass is 10.6. The molecule has 1 atom stereocenters. The van der Waals surface area contributed by atoms with Crippen LogP contribution in [0.3, 0.4) is 0 Å². The van der Waals surface area contributed by atoms with Crippen LogP contribution in [0.5, 0.6) is 0 Å². The summed E-state index contributed by atoms with van der Waals surface area (Å²) in [5.74, 6) is -1.24. The van der Waals surface area contributed by atoms with E-state index in [1.165, 1.54) is 0 Å². The molecule has 0 aromatic rings. The Kier molecular flexibility index (Phi) is 3.46. The number of aliphatic carboxylic acids is 1. The summed E-state index contributed by atoms with van der Waals surface area (Å²) in [5.41, 5.74) is 0. The minimum atomic E-state index is -1.20. The van der Waals surface area contributed by atoms with Crippen LogP contribution in [0.1, 0.15) is 13.8 Å². The molecular weight excluding hydrogens is 140 g/mol. The monoisotopic (exact) mass is 150 g/mol. The van der Waals surface area contributed by atoms with E-state index >= 15 is 0 Å². The third-order valence-corrected chi connectivity index (χ3v) is 2.37. The first-order chi connectivity index (χ1) is 4.04. The predicted molar refractivity (Wildman–Crippen MR) is 35.8 cm³/mol. The van der Waals surface area contributed by atoms with E-state index in [0.717, 1.165) is 0 Å². The topological polar surface area (TPSA) is 54.4 Å². The van der Waals surface area contributed by atoms with E-state index in [1.807, 2.05) is 0 Å². The summed E-state index contributed by atoms with van der Waals surface area (Å²) in [5, 5.41) is 8.09. The molecule has 0 fully saturated rings. The maximum Gasteiger partial charge on any atom is 0.316 e. The average Bonchev–Trinajstić information content (AvgIpc) is 1.63. The lowest BCUT2D eigenvalue weighted by Crippen LogP contribution is -2.16. The molecule has 0 heterocycles. The van der Waals surface area contributed by atoms with E-state index < -0.39 is 16.8 Å². The van der Waals surface area contributed by atoms with Crippen molar-refractivity contribution in [2.75, 3.05) is 5.75 Å². The lowest BCUT2D eigenvalue weighted by molar-refractivity contribution is -0.133. The van der Waals surface area contributed by atoms with Crippen LogP contribution in [-0.2, 0) is 15.6 Å². The van der Waals surface area contributed by atoms with Gasteiger partial charge in [0.25, 0.3) is 0 Å². The van der Waals surface area contributed by atoms with Gasteiger partial charge in [-0.2, -0.15) is 0 Å². The third kappa shape index (κ3) is 4.14. The van der Waals surface area contributed by atoms with Crippen LogP contribution in [0.15, 0.2) is 0 Å². The first kappa shape index (κ1) is 8.62. The van der Waals surface area contributed by atoms with Crippen LogP contribution >= 0.6 is 0 Å². The standard InChI is InChI=1S/C5H10O3S/c1-4(2)9(8)3-5(6)7/h4H,3H2,1-2H3,(H,6,7). The fourth-order valence-corrected chi connectivity index (χ4v) is 0.865. The first-order valence-corrected chi connectivity index (χ1v) is 4.01. The van der Waals surface area contributed by atoms with E-state index in [0.29, 0.717) is 0 Å². The minimum absolute atomic E-state index is 0.0545. The Hall–Kier alpha value is -0.380. The Bertz CT molecular complexity index is 130. The Morgan fingerprint density at radius 1 is 1.67 bits per heavy atom. The van der Waals surface area contributed by atoms with Crippen molar-refractivity contribution in [3.63, 3.8) is 0 Å². The van der Waals surface area contributed by atoms with Gasteiger partial charge in [0, 0.05) is 16.0 Å². The van der Waals surface area contributed by atoms with Crippen molar-refractivity contribution in [3.05, 3.63) is 0 Å². The molecule has 0 aromatic heterocycles. The zero-order valence-corrected chi connectivity index (χ0v) is 6.27. The summed E-state index contributed by atoms with van der Waals surface area (Å²) in [6, 6.07) is 0. The molecule has 9 heavy (non-hydrogen) atoms. The fourth-order valence-electron chi connectivity index (χ4n) is 0.288. The molecule has 0 radical (unpaired) electrons. The van der Waals surface area contributed by atoms with E-state index in [2.05, 4.69) is 0 Å². The summed E-state index contributed by atoms with van der Waals surface area (Å²) in [4.78, 5) is 9.92. The van der Waals surface area contributed by atoms with Gasteiger partial charge in [0.1, 0.15) is 5.75 Å². The molecule has 0 rings (SSSR count). The zero-order valence-electron chi connectivity index (χ0n) is 5.46. The van der Waals surface area contributed by atoms with Gasteiger partial charge < -0.3 is 5.11 Å². The highest BCUT2D eigenvalue weighted by molar-refractivity contribution is 7.86. The Morgan fingerprint density at radius 3 is 2.22 bits per heavy atom. The molecule has 3 nitrogen and oxygen atoms in total. The van der Waals surface area contributed by atoms with Crippen molar-refractivity contribution >= 4 is 16.8 Å². The van der Waals surface area contributed by atoms with E-state index in [-0.39, 0.29) is 11.0 Å². The highest BCUT2D eigenvalue weighted by Crippen LogP contribution is 1.92. The molecule has 0 spiro atoms. The smallest absolute Gasteiger partial charge is 0.316 e. The molecular formula is C5H10O3S. The maximum atomic E-state index is 10.7. The first-order valence-electron chi connectivity index (χ1n) is 2.63. The summed E-state index contributed by atoms with van der Waals surface area (Å²) in [6.07, 6.45) is 0. The van der Waals surface area contributed by atoms with Crippen LogP contribution in [0.25, 0.3) is 0 Å². The number of rotatable bonds is 3. The molecule has 1 unspecified atom stereocenters. The Labute approximate surface area is 56.5 Å². The van der Waals surface area contributed by atoms with Crippen molar-refractivity contribution < 1.29 is 14.1 Å². The molecule has 0 aromatic carbocycles. The van der Waals surface area contributed by atoms with Gasteiger partial charge in [-0.3, -0.25) is 9.00 Å². The van der Waals surface area contributed by atoms with Crippen LogP contribution < -0.4 is 0 Å². The summed E-state index contributed by atoms with van der Waals surface area (Å²) in [7, 11) is -1.20. The summed E-state index contributed by atoms with van der Waals surface area (Å²) >= 11 is 0. The number of carboxylic acid groups (broad SMARTS) is 1. The van der Waals surface area contributed by atoms with Gasteiger partial charge in [-0.1, -0.05) is 13.8 Å². The molecule has 0 saturated heterocycles. The fraction of sp³-hybridized carbons (Fsp3) is 0.800. The van der Waals surface area contributed by atoms with Gasteiger partial charge in [-0.15, -0.1) is 0 Å². The lowest BCUT2D eigenvalue weighted by Gasteiger charge is -1.99. The number of carboxylic acids is 1. The van der Waals surface area contributed by atoms with Gasteiger partial charge in [-0.25, -0.2) is 0 Å². The highest BCUT2D eigenvalue weighted by Gasteiger charge is 2.08. The Balaban J connectivity index is 3.64. The van der Waals surface area contributed by atoms with Crippen molar-refractivity contribution in [3.8, 4) is 0 Å². The van der Waals surface area contributed by atoms with Crippen molar-refractivity contribution in [1.29, 1.82) is 0 Å². The third-order valence-electron chi connectivity index (χ3n) is 0.792. The van der Waals surface area contributed by atoms with Crippen LogP contribution in [0.2, 0.25) is 0 Å². The largest absolute Gasteiger partial charge is 0.481 e. The second-order valence-electron chi connectivity index (χ2n) is 1.97. The second-order valence-corrected chi connectivity index (χ2v) is 3.96. The van der Waals surface area contributed by atoms with E-state index in [1.54, 1.807) is 13.8 Å². The van der Waals surface area contributed by atoms with Crippen molar-refractivity contribution in [2.45, 2.75) is 19.1 Å². The van der Waals surface area contributed by atoms with Gasteiger partial charge in [-0.05, 0) is 0 Å². The van der Waals surface area contributed by atoms with Gasteiger partial charge in [0.15, 0.2) is 0 Å². The molecule has 4 heteroatoms. The van der Waals surface area contributed by atoms with Gasteiger partial charge in [0.05, 0.1) is 0 Å². The summed E-state index contributed by atoms with van der Waals surface area (Å²) < 4.78 is 10.7. The van der Waals surface area contributed by atoms with Crippen molar-refractivity contribution in [2.24, 2.45) is 0 Å². The molecule has 0 aliphatic carbocycles. The zero-order chi connectivity index (χ0) is 7.44. The molecule has 0 aliphatic heterocycles. The number of hydrogen-bond donors (Lipinski definition) is 1. The number of carbonyl (C=O) groups is 1. The van der Waals surface area contributed by atoms with Crippen LogP contribution in [0.4, 0.5) is 0 Å². The number of hydrogen-bond acceptors (Lipinski definition) is 2. The van der Waals surface area contributed by atoms with E-state index in [9.17, 15) is 9.00 Å². The van der Waals surface area contributed by atoms with Gasteiger partial charge >= 0.3 is 5.97 Å². The molecule has 1 N–H and O–H groups in total. The molecule has 54 valence electrons. The maximum absolute atomic E-state index is 10.7. The normalized spacial score (nSPS) is 13.7. The molecule has 0 saturated carbocycles. The van der Waals surface area contributed by atoms with Gasteiger partial charge in [0.2, 0.25) is 0 Å². The Morgan fingerprint density at radius 2 is 2.11 bits per heavy atom. The van der Waals surface area contributed by atoms with Crippen LogP contribution in [-0.4, -0.2) is 26.3 Å². The highest BCUT2D eigenvalue weighted by atomic mass is 32.2. The SMILES string of the molecule is CC(C)S(=O)CC(=O)O. The van der Waals surface area contributed by atoms with Crippen LogP contribution in [0, 0.1) is 0 Å². The molecule has 0 amide bonds. The molecule has 0 aliphatic rings. The summed E-state index contributed by atoms with van der Waals surface area (Å²) in [6.45, 7) is 3.47. The molecule has 0 bridgehead atoms. The average molecular weight is 150 g/mol. The minimum Gasteiger partial charge on any atom is -0.481 e. The van der Waals surface area contributed by atoms with E-state index in [4.69, 9.17) is 5.11 Å². The predicted octanol–water partition coefficient (Wildman–Crippen LogP) is 0.228. The quantitative estimate of drug-likeness (QED) is 0.626.